The molecule has 3 aliphatic carbocycles. The SMILES string of the molecule is CCC(C)C(=O)OC1C2OC(=O)C3C(Oc4ccc([S+](c5ccccc5)c5ccccc5)cc4)C4CC41C23. The Morgan fingerprint density at radius 3 is 2.18 bits per heavy atom. The van der Waals surface area contributed by atoms with E-state index in [0.29, 0.717) is 0 Å². The number of hydrogen-bond donors (Lipinski definition) is 0. The summed E-state index contributed by atoms with van der Waals surface area (Å²) in [5.41, 5.74) is -0.150. The van der Waals surface area contributed by atoms with Gasteiger partial charge in [-0.15, -0.1) is 0 Å². The summed E-state index contributed by atoms with van der Waals surface area (Å²) in [7, 11) is -0.229. The molecule has 1 spiro atoms. The summed E-state index contributed by atoms with van der Waals surface area (Å²) in [6, 6.07) is 29.4. The number of benzene rings is 3. The van der Waals surface area contributed by atoms with Crippen LogP contribution in [-0.4, -0.2) is 30.3 Å². The van der Waals surface area contributed by atoms with Gasteiger partial charge in [-0.3, -0.25) is 9.59 Å². The van der Waals surface area contributed by atoms with E-state index in [4.69, 9.17) is 14.2 Å². The van der Waals surface area contributed by atoms with Crippen molar-refractivity contribution in [1.29, 1.82) is 0 Å². The van der Waals surface area contributed by atoms with E-state index in [9.17, 15) is 9.59 Å². The van der Waals surface area contributed by atoms with Crippen LogP contribution >= 0.6 is 0 Å². The van der Waals surface area contributed by atoms with Crippen molar-refractivity contribution < 1.29 is 23.8 Å². The van der Waals surface area contributed by atoms with E-state index in [1.54, 1.807) is 0 Å². The van der Waals surface area contributed by atoms with Crippen LogP contribution in [0.3, 0.4) is 0 Å². The van der Waals surface area contributed by atoms with E-state index in [1.807, 2.05) is 38.1 Å². The molecule has 0 N–H and O–H groups in total. The van der Waals surface area contributed by atoms with E-state index in [0.717, 1.165) is 18.6 Å². The molecule has 4 fully saturated rings. The first-order chi connectivity index (χ1) is 18.5. The molecule has 3 aromatic carbocycles. The predicted molar refractivity (Wildman–Crippen MR) is 143 cm³/mol. The maximum atomic E-state index is 12.9. The zero-order chi connectivity index (χ0) is 26.0. The van der Waals surface area contributed by atoms with Crippen LogP contribution in [-0.2, 0) is 30.0 Å². The Bertz CT molecular complexity index is 1320. The minimum Gasteiger partial charge on any atom is -0.489 e. The second kappa shape index (κ2) is 8.91. The molecular weight excluding hydrogens is 496 g/mol. The van der Waals surface area contributed by atoms with Crippen molar-refractivity contribution in [2.45, 2.75) is 59.7 Å². The number of carbonyl (C=O) groups is 2. The minimum atomic E-state index is -0.331. The molecule has 7 rings (SSSR count). The van der Waals surface area contributed by atoms with Crippen molar-refractivity contribution in [2.24, 2.45) is 29.1 Å². The van der Waals surface area contributed by atoms with Crippen molar-refractivity contribution in [3.05, 3.63) is 84.9 Å². The van der Waals surface area contributed by atoms with Crippen molar-refractivity contribution in [1.82, 2.24) is 0 Å². The molecule has 0 bridgehead atoms. The Hall–Kier alpha value is -3.25. The van der Waals surface area contributed by atoms with Crippen LogP contribution in [0.4, 0.5) is 0 Å². The van der Waals surface area contributed by atoms with Crippen molar-refractivity contribution in [2.75, 3.05) is 0 Å². The van der Waals surface area contributed by atoms with Crippen molar-refractivity contribution in [3.63, 3.8) is 0 Å². The number of esters is 2. The average molecular weight is 528 g/mol. The van der Waals surface area contributed by atoms with Crippen LogP contribution in [0, 0.1) is 29.1 Å². The van der Waals surface area contributed by atoms with Gasteiger partial charge in [0.1, 0.15) is 30.0 Å². The van der Waals surface area contributed by atoms with Crippen LogP contribution in [0.5, 0.6) is 5.75 Å². The molecule has 1 saturated heterocycles. The standard InChI is InChI=1S/C32H31O5S/c1-3-19(2)30(33)37-29-28-26-25(31(34)36-28)27(24-18-32(24,26)29)35-20-14-16-23(17-15-20)38(21-10-6-4-7-11-21)22-12-8-5-9-13-22/h4-17,19,24-29H,3,18H2,1-2H3/q+1. The second-order valence-corrected chi connectivity index (χ2v) is 13.1. The highest BCUT2D eigenvalue weighted by atomic mass is 32.2. The highest BCUT2D eigenvalue weighted by Gasteiger charge is 2.89. The fourth-order valence-electron chi connectivity index (χ4n) is 7.02. The zero-order valence-corrected chi connectivity index (χ0v) is 22.3. The quantitative estimate of drug-likeness (QED) is 0.279. The van der Waals surface area contributed by atoms with E-state index in [2.05, 4.69) is 60.7 Å². The minimum absolute atomic E-state index is 0.0982. The van der Waals surface area contributed by atoms with E-state index in [-0.39, 0.29) is 70.2 Å². The summed E-state index contributed by atoms with van der Waals surface area (Å²) in [5, 5.41) is 0. The zero-order valence-electron chi connectivity index (χ0n) is 21.5. The number of carbonyl (C=O) groups excluding carboxylic acids is 2. The van der Waals surface area contributed by atoms with Gasteiger partial charge in [0.05, 0.1) is 16.8 Å². The molecule has 0 aromatic heterocycles. The summed E-state index contributed by atoms with van der Waals surface area (Å²) in [4.78, 5) is 29.2. The number of ether oxygens (including phenoxy) is 3. The number of hydrogen-bond acceptors (Lipinski definition) is 5. The molecular formula is C32H31O5S+. The monoisotopic (exact) mass is 527 g/mol. The molecule has 8 atom stereocenters. The van der Waals surface area contributed by atoms with Gasteiger partial charge in [0.25, 0.3) is 0 Å². The van der Waals surface area contributed by atoms with E-state index < -0.39 is 0 Å². The average Bonchev–Trinajstić information content (AvgIpc) is 3.57. The Kier molecular flexibility index (Phi) is 5.59. The fraction of sp³-hybridized carbons (Fsp3) is 0.375. The molecule has 38 heavy (non-hydrogen) atoms. The van der Waals surface area contributed by atoms with Crippen LogP contribution in [0.1, 0.15) is 26.7 Å². The van der Waals surface area contributed by atoms with Crippen LogP contribution in [0.2, 0.25) is 0 Å². The first-order valence-electron chi connectivity index (χ1n) is 13.5. The molecule has 8 unspecified atom stereocenters. The largest absolute Gasteiger partial charge is 0.489 e. The number of rotatable bonds is 8. The van der Waals surface area contributed by atoms with Gasteiger partial charge in [-0.2, -0.15) is 0 Å². The molecule has 6 heteroatoms. The third kappa shape index (κ3) is 3.46. The molecule has 194 valence electrons. The van der Waals surface area contributed by atoms with E-state index >= 15 is 0 Å². The third-order valence-corrected chi connectivity index (χ3v) is 11.3. The van der Waals surface area contributed by atoms with Gasteiger partial charge in [0.2, 0.25) is 0 Å². The van der Waals surface area contributed by atoms with Crippen LogP contribution in [0.15, 0.2) is 99.6 Å². The van der Waals surface area contributed by atoms with Gasteiger partial charge in [-0.05, 0) is 61.4 Å². The maximum Gasteiger partial charge on any atom is 0.313 e. The molecule has 1 heterocycles. The summed E-state index contributed by atoms with van der Waals surface area (Å²) < 4.78 is 18.2. The van der Waals surface area contributed by atoms with Crippen LogP contribution < -0.4 is 4.74 Å². The van der Waals surface area contributed by atoms with Gasteiger partial charge in [0.15, 0.2) is 14.7 Å². The molecule has 3 aromatic rings. The third-order valence-electron chi connectivity index (χ3n) is 9.12. The van der Waals surface area contributed by atoms with Gasteiger partial charge >= 0.3 is 11.9 Å². The maximum absolute atomic E-state index is 12.9. The molecule has 0 amide bonds. The Morgan fingerprint density at radius 2 is 1.58 bits per heavy atom. The predicted octanol–water partition coefficient (Wildman–Crippen LogP) is 5.68. The molecule has 0 radical (unpaired) electrons. The fourth-order valence-corrected chi connectivity index (χ4v) is 9.10. The summed E-state index contributed by atoms with van der Waals surface area (Å²) in [5.74, 6) is 0.253. The van der Waals surface area contributed by atoms with Crippen molar-refractivity contribution in [3.8, 4) is 5.75 Å². The van der Waals surface area contributed by atoms with Gasteiger partial charge in [-0.1, -0.05) is 50.2 Å². The topological polar surface area (TPSA) is 61.8 Å². The lowest BCUT2D eigenvalue weighted by Gasteiger charge is -2.46. The van der Waals surface area contributed by atoms with E-state index in [1.165, 1.54) is 14.7 Å². The lowest BCUT2D eigenvalue weighted by Crippen LogP contribution is -2.58. The van der Waals surface area contributed by atoms with Gasteiger partial charge in [-0.25, -0.2) is 0 Å². The second-order valence-electron chi connectivity index (χ2n) is 11.0. The highest BCUT2D eigenvalue weighted by Crippen LogP contribution is 2.81. The lowest BCUT2D eigenvalue weighted by atomic mass is 9.64. The smallest absolute Gasteiger partial charge is 0.313 e. The Morgan fingerprint density at radius 1 is 0.974 bits per heavy atom. The summed E-state index contributed by atoms with van der Waals surface area (Å²) in [6.07, 6.45) is 0.768. The first kappa shape index (κ1) is 23.8. The molecule has 3 saturated carbocycles. The molecule has 5 nitrogen and oxygen atoms in total. The van der Waals surface area contributed by atoms with Crippen molar-refractivity contribution >= 4 is 22.8 Å². The molecule has 4 aliphatic rings. The lowest BCUT2D eigenvalue weighted by molar-refractivity contribution is -0.200. The Labute approximate surface area is 225 Å². The van der Waals surface area contributed by atoms with Crippen LogP contribution in [0.25, 0.3) is 0 Å². The van der Waals surface area contributed by atoms with Gasteiger partial charge in [0, 0.05) is 17.3 Å². The summed E-state index contributed by atoms with van der Waals surface area (Å²) in [6.45, 7) is 3.86. The Balaban J connectivity index is 1.12. The molecule has 1 aliphatic heterocycles. The highest BCUT2D eigenvalue weighted by molar-refractivity contribution is 7.97. The normalized spacial score (nSPS) is 32.6. The summed E-state index contributed by atoms with van der Waals surface area (Å²) >= 11 is 0. The first-order valence-corrected chi connectivity index (χ1v) is 14.8. The van der Waals surface area contributed by atoms with Gasteiger partial charge < -0.3 is 14.2 Å².